The molecule has 0 aliphatic heterocycles. The summed E-state index contributed by atoms with van der Waals surface area (Å²) in [6.45, 7) is 1.65. The standard InChI is InChI=1S/C11H10ClN3OS2/c1-5(9(13)17)10(16)15-11-14-7-3-2-6(12)4-8(7)18-11/h2-5H,1H3,(H2,13,17)(H,14,15,16). The molecule has 0 fully saturated rings. The molecule has 0 saturated carbocycles. The predicted octanol–water partition coefficient (Wildman–Crippen LogP) is 2.81. The maximum absolute atomic E-state index is 11.8. The van der Waals surface area contributed by atoms with E-state index in [0.717, 1.165) is 10.2 Å². The molecule has 0 radical (unpaired) electrons. The number of benzene rings is 1. The van der Waals surface area contributed by atoms with Gasteiger partial charge in [-0.1, -0.05) is 35.2 Å². The van der Waals surface area contributed by atoms with Gasteiger partial charge in [0.05, 0.1) is 21.1 Å². The van der Waals surface area contributed by atoms with E-state index in [4.69, 9.17) is 29.6 Å². The van der Waals surface area contributed by atoms with Gasteiger partial charge in [0, 0.05) is 5.02 Å². The minimum absolute atomic E-state index is 0.164. The summed E-state index contributed by atoms with van der Waals surface area (Å²) in [5.74, 6) is -0.775. The monoisotopic (exact) mass is 299 g/mol. The Hall–Kier alpha value is -1.24. The zero-order valence-electron chi connectivity index (χ0n) is 9.44. The molecular weight excluding hydrogens is 290 g/mol. The van der Waals surface area contributed by atoms with Gasteiger partial charge in [-0.2, -0.15) is 0 Å². The average Bonchev–Trinajstić information content (AvgIpc) is 2.68. The van der Waals surface area contributed by atoms with Crippen molar-refractivity contribution in [1.29, 1.82) is 0 Å². The number of thiazole rings is 1. The minimum Gasteiger partial charge on any atom is -0.393 e. The third-order valence-corrected chi connectivity index (χ3v) is 3.92. The maximum atomic E-state index is 11.8. The Morgan fingerprint density at radius 1 is 1.61 bits per heavy atom. The van der Waals surface area contributed by atoms with E-state index in [9.17, 15) is 4.79 Å². The van der Waals surface area contributed by atoms with Gasteiger partial charge in [0.1, 0.15) is 0 Å². The molecule has 1 heterocycles. The first-order valence-corrected chi connectivity index (χ1v) is 6.74. The highest BCUT2D eigenvalue weighted by Gasteiger charge is 2.17. The van der Waals surface area contributed by atoms with Crippen molar-refractivity contribution < 1.29 is 4.79 Å². The van der Waals surface area contributed by atoms with Crippen molar-refractivity contribution in [2.75, 3.05) is 5.32 Å². The molecule has 3 N–H and O–H groups in total. The smallest absolute Gasteiger partial charge is 0.235 e. The Morgan fingerprint density at radius 3 is 3.00 bits per heavy atom. The fourth-order valence-electron chi connectivity index (χ4n) is 1.29. The Labute approximate surface area is 118 Å². The SMILES string of the molecule is CC(C(=O)Nc1nc2ccc(Cl)cc2s1)C(N)=S. The summed E-state index contributed by atoms with van der Waals surface area (Å²) in [5.41, 5.74) is 6.22. The van der Waals surface area contributed by atoms with Crippen LogP contribution in [0.5, 0.6) is 0 Å². The highest BCUT2D eigenvalue weighted by molar-refractivity contribution is 7.80. The molecule has 7 heteroatoms. The Morgan fingerprint density at radius 2 is 2.33 bits per heavy atom. The van der Waals surface area contributed by atoms with Gasteiger partial charge in [0.15, 0.2) is 5.13 Å². The molecule has 2 rings (SSSR count). The molecule has 0 bridgehead atoms. The minimum atomic E-state index is -0.518. The number of carbonyl (C=O) groups is 1. The number of amides is 1. The van der Waals surface area contributed by atoms with E-state index >= 15 is 0 Å². The van der Waals surface area contributed by atoms with Gasteiger partial charge in [-0.05, 0) is 25.1 Å². The van der Waals surface area contributed by atoms with Crippen LogP contribution in [-0.4, -0.2) is 15.9 Å². The molecule has 1 atom stereocenters. The van der Waals surface area contributed by atoms with Crippen LogP contribution < -0.4 is 11.1 Å². The number of nitrogens with zero attached hydrogens (tertiary/aromatic N) is 1. The number of aromatic nitrogens is 1. The van der Waals surface area contributed by atoms with E-state index in [-0.39, 0.29) is 10.9 Å². The lowest BCUT2D eigenvalue weighted by molar-refractivity contribution is -0.117. The zero-order valence-corrected chi connectivity index (χ0v) is 11.8. The van der Waals surface area contributed by atoms with Crippen LogP contribution in [0.1, 0.15) is 6.92 Å². The van der Waals surface area contributed by atoms with Crippen LogP contribution in [0.2, 0.25) is 5.02 Å². The fraction of sp³-hybridized carbons (Fsp3) is 0.182. The quantitative estimate of drug-likeness (QED) is 0.855. The number of carbonyl (C=O) groups excluding carboxylic acids is 1. The van der Waals surface area contributed by atoms with Crippen LogP contribution in [0.25, 0.3) is 10.2 Å². The first kappa shape index (κ1) is 13.2. The third kappa shape index (κ3) is 2.77. The number of hydrogen-bond donors (Lipinski definition) is 2. The first-order valence-electron chi connectivity index (χ1n) is 5.13. The first-order chi connectivity index (χ1) is 8.47. The number of halogens is 1. The zero-order chi connectivity index (χ0) is 13.3. The molecule has 4 nitrogen and oxygen atoms in total. The van der Waals surface area contributed by atoms with Gasteiger partial charge in [-0.3, -0.25) is 4.79 Å². The van der Waals surface area contributed by atoms with Crippen molar-refractivity contribution in [3.63, 3.8) is 0 Å². The maximum Gasteiger partial charge on any atom is 0.235 e. The highest BCUT2D eigenvalue weighted by Crippen LogP contribution is 2.28. The summed E-state index contributed by atoms with van der Waals surface area (Å²) in [6, 6.07) is 5.37. The van der Waals surface area contributed by atoms with Crippen LogP contribution in [0.3, 0.4) is 0 Å². The van der Waals surface area contributed by atoms with E-state index in [1.54, 1.807) is 25.1 Å². The van der Waals surface area contributed by atoms with E-state index in [1.165, 1.54) is 11.3 Å². The van der Waals surface area contributed by atoms with Crippen molar-refractivity contribution in [3.05, 3.63) is 23.2 Å². The number of anilines is 1. The average molecular weight is 300 g/mol. The van der Waals surface area contributed by atoms with Crippen LogP contribution >= 0.6 is 35.2 Å². The third-order valence-electron chi connectivity index (χ3n) is 2.40. The second-order valence-electron chi connectivity index (χ2n) is 3.74. The number of thiocarbonyl (C=S) groups is 1. The Bertz CT molecular complexity index is 626. The number of nitrogens with two attached hydrogens (primary N) is 1. The van der Waals surface area contributed by atoms with E-state index < -0.39 is 5.92 Å². The summed E-state index contributed by atoms with van der Waals surface area (Å²) < 4.78 is 0.917. The fourth-order valence-corrected chi connectivity index (χ4v) is 2.55. The van der Waals surface area contributed by atoms with Crippen LogP contribution in [0.15, 0.2) is 18.2 Å². The number of rotatable bonds is 3. The summed E-state index contributed by atoms with van der Waals surface area (Å²) in [7, 11) is 0. The van der Waals surface area contributed by atoms with E-state index in [2.05, 4.69) is 10.3 Å². The number of fused-ring (bicyclic) bond motifs is 1. The molecule has 2 aromatic rings. The van der Waals surface area contributed by atoms with Gasteiger partial charge in [-0.25, -0.2) is 4.98 Å². The Kier molecular flexibility index (Phi) is 3.79. The van der Waals surface area contributed by atoms with Crippen LogP contribution in [0, 0.1) is 5.92 Å². The largest absolute Gasteiger partial charge is 0.393 e. The molecule has 1 unspecified atom stereocenters. The Balaban J connectivity index is 2.22. The number of hydrogen-bond acceptors (Lipinski definition) is 4. The predicted molar refractivity (Wildman–Crippen MR) is 79.2 cm³/mol. The number of nitrogens with one attached hydrogen (secondary N) is 1. The molecule has 1 amide bonds. The van der Waals surface area contributed by atoms with Crippen molar-refractivity contribution in [3.8, 4) is 0 Å². The van der Waals surface area contributed by atoms with Gasteiger partial charge < -0.3 is 11.1 Å². The lowest BCUT2D eigenvalue weighted by atomic mass is 10.2. The summed E-state index contributed by atoms with van der Waals surface area (Å²) in [6.07, 6.45) is 0. The molecule has 94 valence electrons. The molecular formula is C11H10ClN3OS2. The lowest BCUT2D eigenvalue weighted by Gasteiger charge is -2.07. The van der Waals surface area contributed by atoms with Gasteiger partial charge >= 0.3 is 0 Å². The van der Waals surface area contributed by atoms with Gasteiger partial charge in [0.2, 0.25) is 5.91 Å². The summed E-state index contributed by atoms with van der Waals surface area (Å²) in [4.78, 5) is 16.2. The molecule has 0 saturated heterocycles. The summed E-state index contributed by atoms with van der Waals surface area (Å²) in [5, 5.41) is 3.84. The topological polar surface area (TPSA) is 68.0 Å². The van der Waals surface area contributed by atoms with Crippen LogP contribution in [-0.2, 0) is 4.79 Å². The molecule has 1 aromatic carbocycles. The second kappa shape index (κ2) is 5.17. The van der Waals surface area contributed by atoms with E-state index in [0.29, 0.717) is 10.2 Å². The van der Waals surface area contributed by atoms with E-state index in [1.807, 2.05) is 0 Å². The second-order valence-corrected chi connectivity index (χ2v) is 5.68. The van der Waals surface area contributed by atoms with Gasteiger partial charge in [-0.15, -0.1) is 0 Å². The molecule has 0 spiro atoms. The normalized spacial score (nSPS) is 12.3. The molecule has 18 heavy (non-hydrogen) atoms. The van der Waals surface area contributed by atoms with Crippen molar-refractivity contribution in [2.24, 2.45) is 11.7 Å². The van der Waals surface area contributed by atoms with Crippen molar-refractivity contribution >= 4 is 61.4 Å². The van der Waals surface area contributed by atoms with Crippen molar-refractivity contribution in [2.45, 2.75) is 6.92 Å². The van der Waals surface area contributed by atoms with Crippen LogP contribution in [0.4, 0.5) is 5.13 Å². The lowest BCUT2D eigenvalue weighted by Crippen LogP contribution is -2.30. The molecule has 0 aliphatic carbocycles. The molecule has 0 aliphatic rings. The van der Waals surface area contributed by atoms with Crippen molar-refractivity contribution in [1.82, 2.24) is 4.98 Å². The highest BCUT2D eigenvalue weighted by atomic mass is 35.5. The summed E-state index contributed by atoms with van der Waals surface area (Å²) >= 11 is 12.0. The van der Waals surface area contributed by atoms with Gasteiger partial charge in [0.25, 0.3) is 0 Å². The molecule has 1 aromatic heterocycles.